The molecule has 5 nitrogen and oxygen atoms in total. The Bertz CT molecular complexity index is 990. The molecule has 0 N–H and O–H groups in total. The lowest BCUT2D eigenvalue weighted by molar-refractivity contribution is 0.0334. The van der Waals surface area contributed by atoms with E-state index >= 15 is 0 Å². The number of aromatic nitrogens is 2. The van der Waals surface area contributed by atoms with Gasteiger partial charge >= 0.3 is 5.97 Å². The van der Waals surface area contributed by atoms with Crippen LogP contribution in [-0.2, 0) is 4.74 Å². The van der Waals surface area contributed by atoms with Crippen LogP contribution >= 0.6 is 11.3 Å². The van der Waals surface area contributed by atoms with Crippen molar-refractivity contribution in [1.82, 2.24) is 9.55 Å². The second-order valence-corrected chi connectivity index (χ2v) is 7.24. The minimum atomic E-state index is -0.603. The molecule has 1 saturated carbocycles. The summed E-state index contributed by atoms with van der Waals surface area (Å²) in [6, 6.07) is 13.3. The molecule has 3 aromatic rings. The van der Waals surface area contributed by atoms with E-state index in [1.54, 1.807) is 23.8 Å². The number of hydrogen-bond donors (Lipinski definition) is 0. The number of carbonyl (C=O) groups excluding carboxylic acids is 1. The van der Waals surface area contributed by atoms with Crippen LogP contribution in [0.25, 0.3) is 11.3 Å². The summed E-state index contributed by atoms with van der Waals surface area (Å²) in [5.74, 6) is -0.603. The predicted octanol–water partition coefficient (Wildman–Crippen LogP) is 4.22. The molecule has 0 amide bonds. The molecular formula is C20H18N2O3S. The lowest BCUT2D eigenvalue weighted by atomic mass is 10.2. The second kappa shape index (κ2) is 6.88. The molecule has 1 aromatic carbocycles. The van der Waals surface area contributed by atoms with Crippen LogP contribution in [0.1, 0.15) is 47.3 Å². The summed E-state index contributed by atoms with van der Waals surface area (Å²) in [6.45, 7) is 1.77. The first-order valence-electron chi connectivity index (χ1n) is 8.56. The third-order valence-electron chi connectivity index (χ3n) is 4.36. The van der Waals surface area contributed by atoms with Crippen LogP contribution in [0.3, 0.4) is 0 Å². The van der Waals surface area contributed by atoms with Gasteiger partial charge in [0, 0.05) is 23.2 Å². The number of benzene rings is 1. The highest BCUT2D eigenvalue weighted by Gasteiger charge is 2.27. The summed E-state index contributed by atoms with van der Waals surface area (Å²) in [5.41, 5.74) is 1.66. The van der Waals surface area contributed by atoms with Gasteiger partial charge in [0.2, 0.25) is 0 Å². The number of ether oxygens (including phenoxy) is 1. The summed E-state index contributed by atoms with van der Waals surface area (Å²) >= 11 is 1.44. The van der Waals surface area contributed by atoms with Gasteiger partial charge < -0.3 is 9.30 Å². The van der Waals surface area contributed by atoms with Gasteiger partial charge in [-0.3, -0.25) is 4.79 Å². The van der Waals surface area contributed by atoms with Crippen molar-refractivity contribution in [2.24, 2.45) is 0 Å². The number of carbonyl (C=O) groups is 1. The van der Waals surface area contributed by atoms with E-state index < -0.39 is 12.1 Å². The Labute approximate surface area is 154 Å². The molecule has 0 radical (unpaired) electrons. The van der Waals surface area contributed by atoms with Crippen molar-refractivity contribution in [3.8, 4) is 11.3 Å². The van der Waals surface area contributed by atoms with Crippen molar-refractivity contribution < 1.29 is 9.53 Å². The topological polar surface area (TPSA) is 61.2 Å². The van der Waals surface area contributed by atoms with Crippen molar-refractivity contribution in [1.29, 1.82) is 0 Å². The first-order valence-corrected chi connectivity index (χ1v) is 9.44. The Morgan fingerprint density at radius 1 is 1.23 bits per heavy atom. The Kier molecular flexibility index (Phi) is 4.42. The van der Waals surface area contributed by atoms with E-state index in [9.17, 15) is 9.59 Å². The van der Waals surface area contributed by atoms with Gasteiger partial charge in [0.25, 0.3) is 5.56 Å². The molecule has 1 aliphatic rings. The van der Waals surface area contributed by atoms with Crippen LogP contribution in [0.4, 0.5) is 0 Å². The number of thiazole rings is 1. The van der Waals surface area contributed by atoms with E-state index in [0.717, 1.165) is 24.1 Å². The number of esters is 1. The molecule has 1 fully saturated rings. The molecule has 2 heterocycles. The molecule has 2 aromatic heterocycles. The van der Waals surface area contributed by atoms with E-state index in [-0.39, 0.29) is 17.2 Å². The maximum Gasteiger partial charge on any atom is 0.344 e. The Balaban J connectivity index is 1.51. The Morgan fingerprint density at radius 2 is 2.00 bits per heavy atom. The number of pyridine rings is 1. The van der Waals surface area contributed by atoms with Crippen LogP contribution in [-0.4, -0.2) is 15.5 Å². The predicted molar refractivity (Wildman–Crippen MR) is 100 cm³/mol. The van der Waals surface area contributed by atoms with Crippen molar-refractivity contribution in [3.63, 3.8) is 0 Å². The molecular weight excluding hydrogens is 348 g/mol. The molecule has 1 unspecified atom stereocenters. The second-order valence-electron chi connectivity index (χ2n) is 6.35. The lowest BCUT2D eigenvalue weighted by Crippen LogP contribution is -2.26. The standard InChI is InChI=1S/C20H18N2O3S/c1-13(18-21-17(12-26-18)14-6-3-2-4-7-14)25-20(24)16-8-5-11-22(19(16)23)15-9-10-15/h2-8,11-13,15H,9-10H2,1H3. The molecule has 0 saturated heterocycles. The van der Waals surface area contributed by atoms with Crippen LogP contribution in [0.5, 0.6) is 0 Å². The first kappa shape index (κ1) is 16.7. The maximum absolute atomic E-state index is 12.5. The van der Waals surface area contributed by atoms with Gasteiger partial charge in [0.15, 0.2) is 6.10 Å². The van der Waals surface area contributed by atoms with Gasteiger partial charge in [0.1, 0.15) is 10.6 Å². The van der Waals surface area contributed by atoms with Gasteiger partial charge in [-0.15, -0.1) is 11.3 Å². The van der Waals surface area contributed by atoms with Gasteiger partial charge in [0.05, 0.1) is 5.69 Å². The van der Waals surface area contributed by atoms with Crippen molar-refractivity contribution in [2.45, 2.75) is 31.9 Å². The number of nitrogens with zero attached hydrogens (tertiary/aromatic N) is 2. The molecule has 6 heteroatoms. The van der Waals surface area contributed by atoms with E-state index in [2.05, 4.69) is 4.98 Å². The molecule has 1 atom stereocenters. The summed E-state index contributed by atoms with van der Waals surface area (Å²) in [6.07, 6.45) is 3.18. The highest BCUT2D eigenvalue weighted by Crippen LogP contribution is 2.33. The van der Waals surface area contributed by atoms with Crippen LogP contribution in [0.2, 0.25) is 0 Å². The Morgan fingerprint density at radius 3 is 2.73 bits per heavy atom. The molecule has 0 bridgehead atoms. The molecule has 132 valence electrons. The van der Waals surface area contributed by atoms with E-state index in [1.807, 2.05) is 35.7 Å². The van der Waals surface area contributed by atoms with Crippen LogP contribution in [0.15, 0.2) is 58.8 Å². The molecule has 1 aliphatic carbocycles. The fourth-order valence-electron chi connectivity index (χ4n) is 2.80. The highest BCUT2D eigenvalue weighted by atomic mass is 32.1. The fourth-order valence-corrected chi connectivity index (χ4v) is 3.61. The van der Waals surface area contributed by atoms with Gasteiger partial charge in [-0.1, -0.05) is 30.3 Å². The summed E-state index contributed by atoms with van der Waals surface area (Å²) in [5, 5.41) is 2.65. The summed E-state index contributed by atoms with van der Waals surface area (Å²) < 4.78 is 7.13. The zero-order valence-electron chi connectivity index (χ0n) is 14.3. The van der Waals surface area contributed by atoms with Gasteiger partial charge in [-0.25, -0.2) is 9.78 Å². The average Bonchev–Trinajstić information content (AvgIpc) is 3.37. The molecule has 0 spiro atoms. The number of hydrogen-bond acceptors (Lipinski definition) is 5. The van der Waals surface area contributed by atoms with Gasteiger partial charge in [-0.2, -0.15) is 0 Å². The molecule has 0 aliphatic heterocycles. The van der Waals surface area contributed by atoms with E-state index in [0.29, 0.717) is 5.01 Å². The summed E-state index contributed by atoms with van der Waals surface area (Å²) in [4.78, 5) is 29.5. The zero-order chi connectivity index (χ0) is 18.1. The van der Waals surface area contributed by atoms with Gasteiger partial charge in [-0.05, 0) is 31.9 Å². The normalized spacial score (nSPS) is 14.8. The fraction of sp³-hybridized carbons (Fsp3) is 0.250. The first-order chi connectivity index (χ1) is 12.6. The smallest absolute Gasteiger partial charge is 0.344 e. The average molecular weight is 366 g/mol. The number of rotatable bonds is 5. The third-order valence-corrected chi connectivity index (χ3v) is 5.36. The third kappa shape index (κ3) is 3.32. The molecule has 26 heavy (non-hydrogen) atoms. The molecule has 4 rings (SSSR count). The minimum Gasteiger partial charge on any atom is -0.452 e. The zero-order valence-corrected chi connectivity index (χ0v) is 15.1. The largest absolute Gasteiger partial charge is 0.452 e. The summed E-state index contributed by atoms with van der Waals surface area (Å²) in [7, 11) is 0. The van der Waals surface area contributed by atoms with Crippen LogP contribution < -0.4 is 5.56 Å². The highest BCUT2D eigenvalue weighted by molar-refractivity contribution is 7.10. The maximum atomic E-state index is 12.5. The lowest BCUT2D eigenvalue weighted by Gasteiger charge is -2.11. The van der Waals surface area contributed by atoms with Crippen molar-refractivity contribution >= 4 is 17.3 Å². The van der Waals surface area contributed by atoms with E-state index in [4.69, 9.17) is 4.74 Å². The quantitative estimate of drug-likeness (QED) is 0.634. The van der Waals surface area contributed by atoms with Crippen molar-refractivity contribution in [3.05, 3.63) is 75.0 Å². The van der Waals surface area contributed by atoms with Crippen LogP contribution in [0, 0.1) is 0 Å². The monoisotopic (exact) mass is 366 g/mol. The van der Waals surface area contributed by atoms with E-state index in [1.165, 1.54) is 17.4 Å². The Hall–Kier alpha value is -2.73. The minimum absolute atomic E-state index is 0.0751. The SMILES string of the molecule is CC(OC(=O)c1cccn(C2CC2)c1=O)c1nc(-c2ccccc2)cs1. The van der Waals surface area contributed by atoms with Crippen molar-refractivity contribution in [2.75, 3.05) is 0 Å².